The van der Waals surface area contributed by atoms with Gasteiger partial charge in [-0.3, -0.25) is 9.69 Å². The van der Waals surface area contributed by atoms with Crippen molar-refractivity contribution in [2.24, 2.45) is 0 Å². The Kier molecular flexibility index (Phi) is 5.78. The van der Waals surface area contributed by atoms with Crippen LogP contribution in [0.15, 0.2) is 30.3 Å². The van der Waals surface area contributed by atoms with Gasteiger partial charge >= 0.3 is 0 Å². The zero-order chi connectivity index (χ0) is 21.3. The number of nitrogens with zero attached hydrogens (tertiary/aromatic N) is 3. The van der Waals surface area contributed by atoms with Crippen LogP contribution < -0.4 is 19.1 Å². The van der Waals surface area contributed by atoms with E-state index in [9.17, 15) is 4.79 Å². The number of aromatic nitrogens is 1. The molecule has 4 rings (SSSR count). The van der Waals surface area contributed by atoms with Crippen molar-refractivity contribution in [3.05, 3.63) is 41.5 Å². The van der Waals surface area contributed by atoms with E-state index in [-0.39, 0.29) is 5.91 Å². The van der Waals surface area contributed by atoms with Crippen LogP contribution in [0.5, 0.6) is 17.2 Å². The topological polar surface area (TPSA) is 64.1 Å². The SMILES string of the molecule is COc1ccc(C)c2sc(N(CCN(C)C)C(=O)c3ccc4c(c3)OCCO4)nc12. The molecule has 1 amide bonds. The van der Waals surface area contributed by atoms with Gasteiger partial charge in [-0.15, -0.1) is 0 Å². The molecule has 1 aromatic heterocycles. The van der Waals surface area contributed by atoms with E-state index in [1.807, 2.05) is 38.1 Å². The van der Waals surface area contributed by atoms with Crippen molar-refractivity contribution in [2.45, 2.75) is 6.92 Å². The number of carbonyl (C=O) groups is 1. The molecule has 0 bridgehead atoms. The normalized spacial score (nSPS) is 13.0. The average molecular weight is 428 g/mol. The summed E-state index contributed by atoms with van der Waals surface area (Å²) in [6.45, 7) is 4.26. The van der Waals surface area contributed by atoms with Crippen molar-refractivity contribution in [1.29, 1.82) is 0 Å². The molecule has 30 heavy (non-hydrogen) atoms. The van der Waals surface area contributed by atoms with Crippen LogP contribution in [-0.4, -0.2) is 63.3 Å². The minimum absolute atomic E-state index is 0.121. The van der Waals surface area contributed by atoms with Crippen LogP contribution >= 0.6 is 11.3 Å². The standard InChI is InChI=1S/C22H25N3O4S/c1-14-5-7-17(27-4)19-20(14)30-22(23-19)25(10-9-24(2)3)21(26)15-6-8-16-18(13-15)29-12-11-28-16/h5-8,13H,9-12H2,1-4H3. The Balaban J connectivity index is 1.74. The lowest BCUT2D eigenvalue weighted by Gasteiger charge is -2.23. The molecule has 0 saturated heterocycles. The summed E-state index contributed by atoms with van der Waals surface area (Å²) in [6, 6.07) is 9.23. The summed E-state index contributed by atoms with van der Waals surface area (Å²) in [6.07, 6.45) is 0. The number of amides is 1. The fraction of sp³-hybridized carbons (Fsp3) is 0.364. The van der Waals surface area contributed by atoms with E-state index in [0.717, 1.165) is 15.8 Å². The molecule has 0 unspecified atom stereocenters. The largest absolute Gasteiger partial charge is 0.494 e. The summed E-state index contributed by atoms with van der Waals surface area (Å²) in [5.74, 6) is 1.85. The van der Waals surface area contributed by atoms with Crippen molar-refractivity contribution in [1.82, 2.24) is 9.88 Å². The van der Waals surface area contributed by atoms with Gasteiger partial charge in [-0.25, -0.2) is 4.98 Å². The summed E-state index contributed by atoms with van der Waals surface area (Å²) in [4.78, 5) is 22.1. The third-order valence-corrected chi connectivity index (χ3v) is 6.16. The van der Waals surface area contributed by atoms with Crippen LogP contribution in [0.1, 0.15) is 15.9 Å². The quantitative estimate of drug-likeness (QED) is 0.599. The van der Waals surface area contributed by atoms with Crippen LogP contribution in [-0.2, 0) is 0 Å². The van der Waals surface area contributed by atoms with Crippen molar-refractivity contribution in [3.63, 3.8) is 0 Å². The first-order chi connectivity index (χ1) is 14.5. The molecule has 0 saturated carbocycles. The Bertz CT molecular complexity index is 1080. The zero-order valence-corrected chi connectivity index (χ0v) is 18.4. The first-order valence-corrected chi connectivity index (χ1v) is 10.6. The summed E-state index contributed by atoms with van der Waals surface area (Å²) in [7, 11) is 5.60. The third-order valence-electron chi connectivity index (χ3n) is 4.95. The van der Waals surface area contributed by atoms with Crippen molar-refractivity contribution >= 4 is 32.6 Å². The number of methoxy groups -OCH3 is 1. The third kappa shape index (κ3) is 3.93. The first-order valence-electron chi connectivity index (χ1n) is 9.78. The fourth-order valence-electron chi connectivity index (χ4n) is 3.29. The van der Waals surface area contributed by atoms with Gasteiger partial charge < -0.3 is 19.1 Å². The first kappa shape index (κ1) is 20.4. The Hall–Kier alpha value is -2.84. The van der Waals surface area contributed by atoms with E-state index in [1.54, 1.807) is 30.2 Å². The van der Waals surface area contributed by atoms with Gasteiger partial charge in [-0.1, -0.05) is 17.4 Å². The van der Waals surface area contributed by atoms with Gasteiger partial charge in [0, 0.05) is 18.7 Å². The summed E-state index contributed by atoms with van der Waals surface area (Å²) < 4.78 is 17.7. The highest BCUT2D eigenvalue weighted by atomic mass is 32.1. The predicted octanol–water partition coefficient (Wildman–Crippen LogP) is 3.59. The number of rotatable bonds is 6. The second kappa shape index (κ2) is 8.49. The van der Waals surface area contributed by atoms with Crippen LogP contribution in [0.25, 0.3) is 10.2 Å². The number of likely N-dealkylation sites (N-methyl/N-ethyl adjacent to an activating group) is 1. The predicted molar refractivity (Wildman–Crippen MR) is 119 cm³/mol. The van der Waals surface area contributed by atoms with E-state index >= 15 is 0 Å². The molecule has 0 radical (unpaired) electrons. The molecule has 0 spiro atoms. The number of hydrogen-bond donors (Lipinski definition) is 0. The minimum Gasteiger partial charge on any atom is -0.494 e. The molecular formula is C22H25N3O4S. The molecule has 1 aliphatic heterocycles. The average Bonchev–Trinajstić information content (AvgIpc) is 3.19. The van der Waals surface area contributed by atoms with Crippen LogP contribution in [0.2, 0.25) is 0 Å². The number of carbonyl (C=O) groups excluding carboxylic acids is 1. The molecule has 1 aliphatic rings. The lowest BCUT2D eigenvalue weighted by Crippen LogP contribution is -2.36. The van der Waals surface area contributed by atoms with Gasteiger partial charge in [-0.05, 0) is 50.8 Å². The molecule has 2 aromatic carbocycles. The maximum atomic E-state index is 13.5. The van der Waals surface area contributed by atoms with Gasteiger partial charge in [-0.2, -0.15) is 0 Å². The molecule has 0 N–H and O–H groups in total. The fourth-order valence-corrected chi connectivity index (χ4v) is 4.37. The number of thiazole rings is 1. The monoisotopic (exact) mass is 427 g/mol. The maximum Gasteiger partial charge on any atom is 0.260 e. The van der Waals surface area contributed by atoms with Crippen molar-refractivity contribution < 1.29 is 19.0 Å². The molecule has 2 heterocycles. The van der Waals surface area contributed by atoms with E-state index in [2.05, 4.69) is 0 Å². The molecule has 7 nitrogen and oxygen atoms in total. The zero-order valence-electron chi connectivity index (χ0n) is 17.6. The minimum atomic E-state index is -0.121. The number of fused-ring (bicyclic) bond motifs is 2. The van der Waals surface area contributed by atoms with Crippen LogP contribution in [0.3, 0.4) is 0 Å². The Labute approximate surface area is 179 Å². The van der Waals surface area contributed by atoms with Crippen molar-refractivity contribution in [2.75, 3.05) is 52.4 Å². The van der Waals surface area contributed by atoms with Crippen LogP contribution in [0, 0.1) is 6.92 Å². The van der Waals surface area contributed by atoms with Crippen molar-refractivity contribution in [3.8, 4) is 17.2 Å². The molecule has 0 atom stereocenters. The lowest BCUT2D eigenvalue weighted by atomic mass is 10.1. The summed E-state index contributed by atoms with van der Waals surface area (Å²) in [5, 5.41) is 0.652. The van der Waals surface area contributed by atoms with Gasteiger partial charge in [0.2, 0.25) is 0 Å². The van der Waals surface area contributed by atoms with E-state index in [0.29, 0.717) is 54.2 Å². The van der Waals surface area contributed by atoms with E-state index in [4.69, 9.17) is 19.2 Å². The number of anilines is 1. The molecular weight excluding hydrogens is 402 g/mol. The molecule has 8 heteroatoms. The summed E-state index contributed by atoms with van der Waals surface area (Å²) >= 11 is 1.50. The Morgan fingerprint density at radius 3 is 2.63 bits per heavy atom. The van der Waals surface area contributed by atoms with E-state index < -0.39 is 0 Å². The molecule has 158 valence electrons. The number of ether oxygens (including phenoxy) is 3. The molecule has 0 fully saturated rings. The molecule has 3 aromatic rings. The highest BCUT2D eigenvalue weighted by Crippen LogP contribution is 2.37. The van der Waals surface area contributed by atoms with Gasteiger partial charge in [0.25, 0.3) is 5.91 Å². The van der Waals surface area contributed by atoms with Gasteiger partial charge in [0.15, 0.2) is 16.6 Å². The lowest BCUT2D eigenvalue weighted by molar-refractivity contribution is 0.0984. The van der Waals surface area contributed by atoms with Gasteiger partial charge in [0.1, 0.15) is 24.5 Å². The number of hydrogen-bond acceptors (Lipinski definition) is 7. The highest BCUT2D eigenvalue weighted by Gasteiger charge is 2.24. The highest BCUT2D eigenvalue weighted by molar-refractivity contribution is 7.22. The smallest absolute Gasteiger partial charge is 0.260 e. The number of aryl methyl sites for hydroxylation is 1. The maximum absolute atomic E-state index is 13.5. The molecule has 0 aliphatic carbocycles. The Morgan fingerprint density at radius 2 is 1.90 bits per heavy atom. The summed E-state index contributed by atoms with van der Waals surface area (Å²) in [5.41, 5.74) is 2.43. The van der Waals surface area contributed by atoms with Crippen LogP contribution in [0.4, 0.5) is 5.13 Å². The number of benzene rings is 2. The van der Waals surface area contributed by atoms with Gasteiger partial charge in [0.05, 0.1) is 11.8 Å². The van der Waals surface area contributed by atoms with E-state index in [1.165, 1.54) is 11.3 Å². The second-order valence-electron chi connectivity index (χ2n) is 7.38. The Morgan fingerprint density at radius 1 is 1.13 bits per heavy atom. The second-order valence-corrected chi connectivity index (χ2v) is 8.35.